The molecule has 1 N–H and O–H groups in total. The summed E-state index contributed by atoms with van der Waals surface area (Å²) in [5.41, 5.74) is 1.46. The molecule has 6 nitrogen and oxygen atoms in total. The van der Waals surface area contributed by atoms with Crippen molar-refractivity contribution in [3.63, 3.8) is 0 Å². The highest BCUT2D eigenvalue weighted by atomic mass is 35.5. The third-order valence-corrected chi connectivity index (χ3v) is 7.62. The van der Waals surface area contributed by atoms with Crippen molar-refractivity contribution in [2.75, 3.05) is 18.0 Å². The van der Waals surface area contributed by atoms with Crippen LogP contribution < -0.4 is 15.0 Å². The van der Waals surface area contributed by atoms with Crippen molar-refractivity contribution >= 4 is 29.5 Å². The maximum atomic E-state index is 13.1. The number of anilines is 1. The lowest BCUT2D eigenvalue weighted by atomic mass is 9.49. The Morgan fingerprint density at radius 3 is 2.38 bits per heavy atom. The molecule has 0 bridgehead atoms. The number of ether oxygens (including phenoxy) is 1. The van der Waals surface area contributed by atoms with Crippen molar-refractivity contribution in [1.82, 2.24) is 5.32 Å². The number of nitriles is 1. The van der Waals surface area contributed by atoms with Gasteiger partial charge in [0.25, 0.3) is 5.91 Å². The molecule has 2 fully saturated rings. The van der Waals surface area contributed by atoms with E-state index in [1.807, 2.05) is 24.3 Å². The Morgan fingerprint density at radius 2 is 1.82 bits per heavy atom. The molecule has 0 atom stereocenters. The zero-order chi connectivity index (χ0) is 24.7. The van der Waals surface area contributed by atoms with Crippen molar-refractivity contribution in [3.8, 4) is 11.8 Å². The predicted octanol–water partition coefficient (Wildman–Crippen LogP) is 4.85. The van der Waals surface area contributed by atoms with Crippen LogP contribution in [0, 0.1) is 28.1 Å². The Balaban J connectivity index is 1.40. The monoisotopic (exact) mass is 479 g/mol. The van der Waals surface area contributed by atoms with Crippen LogP contribution in [0.1, 0.15) is 50.0 Å². The summed E-state index contributed by atoms with van der Waals surface area (Å²) in [7, 11) is 0. The second-order valence-electron chi connectivity index (χ2n) is 10.5. The van der Waals surface area contributed by atoms with E-state index in [0.717, 1.165) is 25.1 Å². The van der Waals surface area contributed by atoms with Crippen LogP contribution in [0.2, 0.25) is 5.02 Å². The first-order valence-electron chi connectivity index (χ1n) is 11.5. The van der Waals surface area contributed by atoms with E-state index < -0.39 is 0 Å². The number of nitrogens with one attached hydrogen (secondary N) is 1. The van der Waals surface area contributed by atoms with Crippen LogP contribution >= 0.6 is 11.6 Å². The van der Waals surface area contributed by atoms with Crippen LogP contribution in [0.4, 0.5) is 5.69 Å². The minimum absolute atomic E-state index is 0.0921. The Kier molecular flexibility index (Phi) is 6.35. The number of amides is 1. The molecule has 1 aliphatic carbocycles. The molecule has 1 amide bonds. The van der Waals surface area contributed by atoms with E-state index in [2.05, 4.69) is 44.0 Å². The lowest BCUT2D eigenvalue weighted by Crippen LogP contribution is -2.74. The zero-order valence-corrected chi connectivity index (χ0v) is 20.7. The number of nitrogens with zero attached hydrogens (tertiary/aromatic N) is 2. The van der Waals surface area contributed by atoms with Crippen LogP contribution in [0.5, 0.6) is 5.75 Å². The van der Waals surface area contributed by atoms with E-state index in [9.17, 15) is 9.59 Å². The van der Waals surface area contributed by atoms with Crippen molar-refractivity contribution in [3.05, 3.63) is 58.6 Å². The number of aldehydes is 1. The van der Waals surface area contributed by atoms with Gasteiger partial charge in [0.05, 0.1) is 10.6 Å². The molecule has 7 heteroatoms. The van der Waals surface area contributed by atoms with Gasteiger partial charge < -0.3 is 19.7 Å². The van der Waals surface area contributed by atoms with Crippen molar-refractivity contribution < 1.29 is 14.3 Å². The van der Waals surface area contributed by atoms with Gasteiger partial charge in [-0.15, -0.1) is 0 Å². The molecular weight excluding hydrogens is 450 g/mol. The smallest absolute Gasteiger partial charge is 0.251 e. The van der Waals surface area contributed by atoms with Gasteiger partial charge in [0.2, 0.25) is 0 Å². The van der Waals surface area contributed by atoms with E-state index >= 15 is 0 Å². The van der Waals surface area contributed by atoms with Gasteiger partial charge in [-0.25, -0.2) is 0 Å². The van der Waals surface area contributed by atoms with Gasteiger partial charge in [-0.3, -0.25) is 4.79 Å². The van der Waals surface area contributed by atoms with Crippen LogP contribution in [-0.2, 0) is 4.79 Å². The largest absolute Gasteiger partial charge is 0.489 e. The van der Waals surface area contributed by atoms with Gasteiger partial charge in [0.15, 0.2) is 0 Å². The minimum atomic E-state index is -0.315. The topological polar surface area (TPSA) is 82.4 Å². The molecule has 4 rings (SSSR count). The maximum absolute atomic E-state index is 13.1. The van der Waals surface area contributed by atoms with Crippen molar-refractivity contribution in [1.29, 1.82) is 5.26 Å². The molecule has 2 aliphatic rings. The molecule has 0 unspecified atom stereocenters. The highest BCUT2D eigenvalue weighted by Crippen LogP contribution is 2.55. The van der Waals surface area contributed by atoms with Gasteiger partial charge in [0, 0.05) is 59.6 Å². The summed E-state index contributed by atoms with van der Waals surface area (Å²) >= 11 is 6.17. The average molecular weight is 480 g/mol. The fourth-order valence-electron chi connectivity index (χ4n) is 5.70. The summed E-state index contributed by atoms with van der Waals surface area (Å²) in [4.78, 5) is 25.9. The van der Waals surface area contributed by atoms with E-state index in [1.54, 1.807) is 18.2 Å². The predicted molar refractivity (Wildman–Crippen MR) is 132 cm³/mol. The Labute approximate surface area is 205 Å². The molecule has 178 valence electrons. The summed E-state index contributed by atoms with van der Waals surface area (Å²) < 4.78 is 6.29. The first kappa shape index (κ1) is 24.1. The number of carbonyl (C=O) groups excluding carboxylic acids is 2. The van der Waals surface area contributed by atoms with Gasteiger partial charge in [0.1, 0.15) is 24.2 Å². The summed E-state index contributed by atoms with van der Waals surface area (Å²) in [6, 6.07) is 14.7. The first-order valence-corrected chi connectivity index (χ1v) is 11.9. The van der Waals surface area contributed by atoms with Crippen molar-refractivity contribution in [2.45, 2.75) is 46.3 Å². The van der Waals surface area contributed by atoms with Crippen molar-refractivity contribution in [2.24, 2.45) is 16.7 Å². The van der Waals surface area contributed by atoms with E-state index in [1.165, 1.54) is 0 Å². The molecule has 0 radical (unpaired) electrons. The van der Waals surface area contributed by atoms with Crippen LogP contribution in [0.15, 0.2) is 42.5 Å². The van der Waals surface area contributed by atoms with Gasteiger partial charge in [-0.1, -0.05) is 39.3 Å². The number of benzene rings is 2. The highest BCUT2D eigenvalue weighted by Gasteiger charge is 2.64. The third-order valence-electron chi connectivity index (χ3n) is 7.31. The fraction of sp³-hybridized carbons (Fsp3) is 0.444. The lowest BCUT2D eigenvalue weighted by Gasteiger charge is -2.63. The molecule has 34 heavy (non-hydrogen) atoms. The molecule has 1 aliphatic heterocycles. The molecule has 1 saturated heterocycles. The Hall–Kier alpha value is -3.04. The standard InChI is InChI=1S/C27H30ClN3O3/c1-26(2)24(27(3,4)25(26)34-21-10-7-19(14-29)22(28)13-21)30-23(33)18-5-8-20(9-6-18)31-15-17(16-31)11-12-32/h5-10,12-13,17,24-25H,11,15-16H2,1-4H3,(H,30,33)/t24-,25-. The SMILES string of the molecule is CC1(C)[C@H](NC(=O)c2ccc(N3CC(CC=O)C3)cc2)C(C)(C)[C@H]1Oc1ccc(C#N)c(Cl)c1. The molecule has 2 aromatic rings. The number of hydrogen-bond donors (Lipinski definition) is 1. The lowest BCUT2D eigenvalue weighted by molar-refractivity contribution is -0.164. The van der Waals surface area contributed by atoms with Gasteiger partial charge >= 0.3 is 0 Å². The number of carbonyl (C=O) groups is 2. The highest BCUT2D eigenvalue weighted by molar-refractivity contribution is 6.31. The van der Waals surface area contributed by atoms with E-state index in [0.29, 0.717) is 34.2 Å². The second-order valence-corrected chi connectivity index (χ2v) is 10.9. The summed E-state index contributed by atoms with van der Waals surface area (Å²) in [6.45, 7) is 10.1. The Bertz CT molecular complexity index is 1110. The van der Waals surface area contributed by atoms with Gasteiger partial charge in [-0.2, -0.15) is 5.26 Å². The average Bonchev–Trinajstić information content (AvgIpc) is 2.77. The summed E-state index contributed by atoms with van der Waals surface area (Å²) in [5, 5.41) is 12.7. The molecule has 0 spiro atoms. The fourth-order valence-corrected chi connectivity index (χ4v) is 5.91. The van der Waals surface area contributed by atoms with Crippen LogP contribution in [0.25, 0.3) is 0 Å². The zero-order valence-electron chi connectivity index (χ0n) is 20.0. The normalized spacial score (nSPS) is 22.6. The molecule has 1 heterocycles. The molecule has 0 aromatic heterocycles. The number of hydrogen-bond acceptors (Lipinski definition) is 5. The minimum Gasteiger partial charge on any atom is -0.489 e. The third kappa shape index (κ3) is 4.25. The number of rotatable bonds is 7. The number of halogens is 1. The quantitative estimate of drug-likeness (QED) is 0.574. The van der Waals surface area contributed by atoms with Gasteiger partial charge in [-0.05, 0) is 36.4 Å². The maximum Gasteiger partial charge on any atom is 0.251 e. The summed E-state index contributed by atoms with van der Waals surface area (Å²) in [5.74, 6) is 0.927. The van der Waals surface area contributed by atoms with Crippen LogP contribution in [0.3, 0.4) is 0 Å². The molecular formula is C27H30ClN3O3. The molecule has 1 saturated carbocycles. The summed E-state index contributed by atoms with van der Waals surface area (Å²) in [6.07, 6.45) is 1.43. The Morgan fingerprint density at radius 1 is 1.18 bits per heavy atom. The first-order chi connectivity index (χ1) is 16.1. The second kappa shape index (κ2) is 8.96. The van der Waals surface area contributed by atoms with E-state index in [-0.39, 0.29) is 28.9 Å². The van der Waals surface area contributed by atoms with E-state index in [4.69, 9.17) is 21.6 Å². The van der Waals surface area contributed by atoms with Crippen LogP contribution in [-0.4, -0.2) is 37.4 Å². The molecule has 2 aromatic carbocycles.